The van der Waals surface area contributed by atoms with Crippen LogP contribution in [0.2, 0.25) is 0 Å². The third kappa shape index (κ3) is 3.34. The number of hydrogen-bond acceptors (Lipinski definition) is 2. The summed E-state index contributed by atoms with van der Waals surface area (Å²) in [7, 11) is 0. The third-order valence-corrected chi connectivity index (χ3v) is 2.84. The van der Waals surface area contributed by atoms with Crippen LogP contribution in [0.15, 0.2) is 23.3 Å². The molecule has 0 radical (unpaired) electrons. The van der Waals surface area contributed by atoms with E-state index in [-0.39, 0.29) is 11.5 Å². The van der Waals surface area contributed by atoms with Crippen LogP contribution < -0.4 is 16.1 Å². The number of nitrogens with zero attached hydrogens (tertiary/aromatic N) is 1. The van der Waals surface area contributed by atoms with Gasteiger partial charge < -0.3 is 15.2 Å². The molecule has 0 spiro atoms. The Morgan fingerprint density at radius 1 is 1.53 bits per heavy atom. The van der Waals surface area contributed by atoms with Crippen molar-refractivity contribution < 1.29 is 4.79 Å². The Labute approximate surface area is 99.8 Å². The van der Waals surface area contributed by atoms with Gasteiger partial charge in [0.25, 0.3) is 0 Å². The second-order valence-corrected chi connectivity index (χ2v) is 4.33. The van der Waals surface area contributed by atoms with Gasteiger partial charge in [-0.05, 0) is 25.7 Å². The van der Waals surface area contributed by atoms with Crippen LogP contribution in [0.25, 0.3) is 0 Å². The first kappa shape index (κ1) is 11.7. The fourth-order valence-electron chi connectivity index (χ4n) is 1.54. The fourth-order valence-corrected chi connectivity index (χ4v) is 1.54. The van der Waals surface area contributed by atoms with E-state index >= 15 is 0 Å². The van der Waals surface area contributed by atoms with Crippen LogP contribution >= 0.6 is 0 Å². The molecule has 1 aliphatic carbocycles. The molecule has 0 bridgehead atoms. The van der Waals surface area contributed by atoms with Crippen molar-refractivity contribution in [2.24, 2.45) is 5.92 Å². The molecule has 2 rings (SSSR count). The molecule has 92 valence electrons. The van der Waals surface area contributed by atoms with Gasteiger partial charge >= 0.3 is 6.03 Å². The summed E-state index contributed by atoms with van der Waals surface area (Å²) in [6, 6.07) is 1.16. The minimum absolute atomic E-state index is 0.170. The van der Waals surface area contributed by atoms with Gasteiger partial charge in [0.1, 0.15) is 5.69 Å². The summed E-state index contributed by atoms with van der Waals surface area (Å²) >= 11 is 0. The molecule has 1 heterocycles. The molecule has 0 atom stereocenters. The van der Waals surface area contributed by atoms with Crippen molar-refractivity contribution >= 4 is 11.7 Å². The molecule has 1 saturated carbocycles. The summed E-state index contributed by atoms with van der Waals surface area (Å²) in [5.41, 5.74) is 0.152. The largest absolute Gasteiger partial charge is 0.352 e. The van der Waals surface area contributed by atoms with Crippen molar-refractivity contribution in [2.45, 2.75) is 26.3 Å². The minimum Gasteiger partial charge on any atom is -0.352 e. The molecule has 17 heavy (non-hydrogen) atoms. The van der Waals surface area contributed by atoms with Crippen molar-refractivity contribution in [2.75, 3.05) is 11.9 Å². The molecular weight excluding hydrogens is 218 g/mol. The lowest BCUT2D eigenvalue weighted by Crippen LogP contribution is -2.32. The van der Waals surface area contributed by atoms with Crippen molar-refractivity contribution in [3.8, 4) is 0 Å². The summed E-state index contributed by atoms with van der Waals surface area (Å²) < 4.78 is 1.85. The first-order chi connectivity index (χ1) is 8.19. The second kappa shape index (κ2) is 5.03. The summed E-state index contributed by atoms with van der Waals surface area (Å²) in [6.45, 7) is 3.43. The average Bonchev–Trinajstić information content (AvgIpc) is 3.13. The average molecular weight is 235 g/mol. The highest BCUT2D eigenvalue weighted by Crippen LogP contribution is 2.27. The Hall–Kier alpha value is -1.78. The zero-order valence-electron chi connectivity index (χ0n) is 9.90. The van der Waals surface area contributed by atoms with Crippen molar-refractivity contribution in [3.63, 3.8) is 0 Å². The van der Waals surface area contributed by atoms with E-state index in [1.807, 2.05) is 11.5 Å². The van der Waals surface area contributed by atoms with Crippen LogP contribution in [-0.2, 0) is 6.54 Å². The highest BCUT2D eigenvalue weighted by atomic mass is 16.2. The van der Waals surface area contributed by atoms with Crippen LogP contribution in [0, 0.1) is 5.92 Å². The lowest BCUT2D eigenvalue weighted by Gasteiger charge is -2.08. The van der Waals surface area contributed by atoms with Gasteiger partial charge in [-0.25, -0.2) is 4.79 Å². The molecule has 5 heteroatoms. The molecule has 2 N–H and O–H groups in total. The predicted octanol–water partition coefficient (Wildman–Crippen LogP) is 1.40. The van der Waals surface area contributed by atoms with E-state index in [1.165, 1.54) is 18.9 Å². The Bertz CT molecular complexity index is 463. The molecule has 1 aromatic rings. The second-order valence-electron chi connectivity index (χ2n) is 4.33. The summed E-state index contributed by atoms with van der Waals surface area (Å²) in [6.07, 6.45) is 5.73. The topological polar surface area (TPSA) is 63.1 Å². The number of carbonyl (C=O) groups excluding carboxylic acids is 1. The van der Waals surface area contributed by atoms with E-state index in [0.717, 1.165) is 6.54 Å². The number of amides is 2. The molecule has 2 amide bonds. The number of hydrogen-bond donors (Lipinski definition) is 2. The van der Waals surface area contributed by atoms with Crippen LogP contribution in [0.5, 0.6) is 0 Å². The summed E-state index contributed by atoms with van der Waals surface area (Å²) in [5, 5.41) is 5.34. The van der Waals surface area contributed by atoms with Crippen LogP contribution in [0.3, 0.4) is 0 Å². The van der Waals surface area contributed by atoms with Gasteiger partial charge in [0, 0.05) is 31.5 Å². The minimum atomic E-state index is -0.303. The van der Waals surface area contributed by atoms with Gasteiger partial charge in [0.2, 0.25) is 5.43 Å². The summed E-state index contributed by atoms with van der Waals surface area (Å²) in [4.78, 5) is 23.0. The molecule has 5 nitrogen and oxygen atoms in total. The first-order valence-corrected chi connectivity index (χ1v) is 5.94. The number of anilines is 1. The summed E-state index contributed by atoms with van der Waals surface area (Å²) in [5.74, 6) is 0.629. The maximum Gasteiger partial charge on any atom is 0.319 e. The monoisotopic (exact) mass is 235 g/mol. The normalized spacial score (nSPS) is 14.4. The molecule has 0 aliphatic heterocycles. The van der Waals surface area contributed by atoms with Gasteiger partial charge in [-0.2, -0.15) is 0 Å². The molecule has 1 fully saturated rings. The smallest absolute Gasteiger partial charge is 0.319 e. The Kier molecular flexibility index (Phi) is 3.46. The maximum absolute atomic E-state index is 11.5. The van der Waals surface area contributed by atoms with Crippen molar-refractivity contribution in [1.29, 1.82) is 0 Å². The van der Waals surface area contributed by atoms with E-state index in [0.29, 0.717) is 18.2 Å². The van der Waals surface area contributed by atoms with Gasteiger partial charge in [0.05, 0.1) is 0 Å². The van der Waals surface area contributed by atoms with Gasteiger partial charge in [0.15, 0.2) is 0 Å². The molecule has 0 unspecified atom stereocenters. The zero-order valence-corrected chi connectivity index (χ0v) is 9.90. The van der Waals surface area contributed by atoms with Crippen molar-refractivity contribution in [3.05, 3.63) is 28.7 Å². The van der Waals surface area contributed by atoms with E-state index in [2.05, 4.69) is 10.6 Å². The lowest BCUT2D eigenvalue weighted by molar-refractivity contribution is 0.251. The van der Waals surface area contributed by atoms with Crippen LogP contribution in [0.4, 0.5) is 10.5 Å². The molecule has 0 aromatic carbocycles. The molecule has 0 saturated heterocycles. The number of nitrogens with one attached hydrogen (secondary N) is 2. The lowest BCUT2D eigenvalue weighted by atomic mass is 10.4. The molecule has 1 aliphatic rings. The quantitative estimate of drug-likeness (QED) is 0.828. The van der Waals surface area contributed by atoms with Crippen LogP contribution in [0.1, 0.15) is 19.8 Å². The van der Waals surface area contributed by atoms with E-state index < -0.39 is 0 Å². The van der Waals surface area contributed by atoms with E-state index in [4.69, 9.17) is 0 Å². The fraction of sp³-hybridized carbons (Fsp3) is 0.500. The highest BCUT2D eigenvalue weighted by Gasteiger charge is 2.21. The number of rotatable bonds is 4. The number of aromatic nitrogens is 1. The highest BCUT2D eigenvalue weighted by molar-refractivity contribution is 5.88. The van der Waals surface area contributed by atoms with Gasteiger partial charge in [-0.3, -0.25) is 4.79 Å². The van der Waals surface area contributed by atoms with Gasteiger partial charge in [-0.15, -0.1) is 0 Å². The number of carbonyl (C=O) groups is 1. The Morgan fingerprint density at radius 3 is 2.94 bits per heavy atom. The molecular formula is C12H17N3O2. The van der Waals surface area contributed by atoms with E-state index in [9.17, 15) is 9.59 Å². The number of urea groups is 1. The SMILES string of the molecule is CCn1ccc(=O)c(NC(=O)NCC2CC2)c1. The third-order valence-electron chi connectivity index (χ3n) is 2.84. The molecule has 1 aromatic heterocycles. The first-order valence-electron chi connectivity index (χ1n) is 5.94. The number of pyridine rings is 1. The predicted molar refractivity (Wildman–Crippen MR) is 66.1 cm³/mol. The maximum atomic E-state index is 11.5. The Balaban J connectivity index is 1.96. The zero-order chi connectivity index (χ0) is 12.3. The Morgan fingerprint density at radius 2 is 2.29 bits per heavy atom. The van der Waals surface area contributed by atoms with Crippen molar-refractivity contribution in [1.82, 2.24) is 9.88 Å². The van der Waals surface area contributed by atoms with Crippen LogP contribution in [-0.4, -0.2) is 17.1 Å². The standard InChI is InChI=1S/C12H17N3O2/c1-2-15-6-5-11(16)10(8-15)14-12(17)13-7-9-3-4-9/h5-6,8-9H,2-4,7H2,1H3,(H2,13,14,17). The van der Waals surface area contributed by atoms with E-state index in [1.54, 1.807) is 12.4 Å². The van der Waals surface area contributed by atoms with Gasteiger partial charge in [-0.1, -0.05) is 0 Å². The number of aryl methyl sites for hydroxylation is 1.